The first-order valence-corrected chi connectivity index (χ1v) is 7.88. The van der Waals surface area contributed by atoms with E-state index in [0.29, 0.717) is 25.0 Å². The highest BCUT2D eigenvalue weighted by atomic mass is 35.5. The van der Waals surface area contributed by atoms with Crippen molar-refractivity contribution in [3.63, 3.8) is 0 Å². The van der Waals surface area contributed by atoms with Gasteiger partial charge in [0.25, 0.3) is 0 Å². The number of carbonyl (C=O) groups is 2. The highest BCUT2D eigenvalue weighted by Crippen LogP contribution is 2.09. The van der Waals surface area contributed by atoms with Crippen LogP contribution in [0, 0.1) is 13.8 Å². The predicted octanol–water partition coefficient (Wildman–Crippen LogP) is 3.09. The minimum atomic E-state index is -0.864. The van der Waals surface area contributed by atoms with Crippen molar-refractivity contribution in [1.29, 1.82) is 0 Å². The fourth-order valence-corrected chi connectivity index (χ4v) is 2.04. The Kier molecular flexibility index (Phi) is 8.29. The smallest absolute Gasteiger partial charge is 0.321 e. The van der Waals surface area contributed by atoms with E-state index in [-0.39, 0.29) is 5.24 Å². The van der Waals surface area contributed by atoms with Crippen molar-refractivity contribution in [2.75, 3.05) is 7.05 Å². The third-order valence-electron chi connectivity index (χ3n) is 3.21. The molecule has 0 unspecified atom stereocenters. The topological polar surface area (TPSA) is 92.7 Å². The molecule has 2 heterocycles. The molecule has 0 aliphatic heterocycles. The van der Waals surface area contributed by atoms with E-state index < -0.39 is 12.0 Å². The number of hydrogen-bond donors (Lipinski definition) is 2. The Balaban J connectivity index is 0.000000243. The van der Waals surface area contributed by atoms with Gasteiger partial charge in [-0.3, -0.25) is 9.59 Å². The van der Waals surface area contributed by atoms with Crippen LogP contribution in [0.15, 0.2) is 33.1 Å². The fourth-order valence-electron chi connectivity index (χ4n) is 1.95. The second-order valence-electron chi connectivity index (χ2n) is 5.26. The Labute approximate surface area is 145 Å². The van der Waals surface area contributed by atoms with Gasteiger partial charge in [-0.25, -0.2) is 0 Å². The maximum absolute atomic E-state index is 10.6. The average Bonchev–Trinajstić information content (AvgIpc) is 3.11. The molecule has 6 nitrogen and oxygen atoms in total. The minimum Gasteiger partial charge on any atom is -0.480 e. The first-order chi connectivity index (χ1) is 11.3. The molecule has 0 radical (unpaired) electrons. The van der Waals surface area contributed by atoms with Gasteiger partial charge in [0.15, 0.2) is 0 Å². The Morgan fingerprint density at radius 1 is 1.12 bits per heavy atom. The van der Waals surface area contributed by atoms with Crippen LogP contribution in [0.2, 0.25) is 0 Å². The lowest BCUT2D eigenvalue weighted by atomic mass is 10.2. The number of nitrogens with one attached hydrogen (secondary N) is 1. The van der Waals surface area contributed by atoms with Crippen LogP contribution in [0.5, 0.6) is 0 Å². The number of rotatable bonds is 7. The lowest BCUT2D eigenvalue weighted by Gasteiger charge is -2.08. The quantitative estimate of drug-likeness (QED) is 0.741. The van der Waals surface area contributed by atoms with Gasteiger partial charge in [-0.2, -0.15) is 0 Å². The monoisotopic (exact) mass is 355 g/mol. The molecule has 1 atom stereocenters. The summed E-state index contributed by atoms with van der Waals surface area (Å²) in [5.74, 6) is 2.31. The summed E-state index contributed by atoms with van der Waals surface area (Å²) in [6, 6.07) is 6.76. The second kappa shape index (κ2) is 9.95. The normalized spacial score (nSPS) is 11.5. The number of aryl methyl sites for hydroxylation is 3. The van der Waals surface area contributed by atoms with Crippen LogP contribution in [-0.4, -0.2) is 29.4 Å². The summed E-state index contributed by atoms with van der Waals surface area (Å²) >= 11 is 5.15. The highest BCUT2D eigenvalue weighted by Gasteiger charge is 2.16. The zero-order valence-electron chi connectivity index (χ0n) is 14.0. The minimum absolute atomic E-state index is 0.320. The van der Waals surface area contributed by atoms with Crippen LogP contribution in [0.1, 0.15) is 29.5 Å². The Bertz CT molecular complexity index is 661. The molecule has 0 amide bonds. The molecule has 0 aliphatic rings. The van der Waals surface area contributed by atoms with Crippen LogP contribution in [0.3, 0.4) is 0 Å². The van der Waals surface area contributed by atoms with Gasteiger partial charge in [-0.05, 0) is 56.8 Å². The van der Waals surface area contributed by atoms with Crippen LogP contribution in [-0.2, 0) is 22.4 Å². The van der Waals surface area contributed by atoms with Crippen molar-refractivity contribution in [3.05, 3.63) is 47.3 Å². The van der Waals surface area contributed by atoms with Crippen molar-refractivity contribution in [1.82, 2.24) is 5.32 Å². The molecule has 0 aromatic carbocycles. The first-order valence-electron chi connectivity index (χ1n) is 7.50. The Morgan fingerprint density at radius 3 is 2.04 bits per heavy atom. The van der Waals surface area contributed by atoms with Crippen molar-refractivity contribution in [3.8, 4) is 0 Å². The first kappa shape index (κ1) is 20.0. The lowest BCUT2D eigenvalue weighted by molar-refractivity contribution is -0.139. The van der Waals surface area contributed by atoms with Gasteiger partial charge in [0, 0.05) is 19.3 Å². The number of carboxylic acids is 1. The van der Waals surface area contributed by atoms with E-state index in [2.05, 4.69) is 5.32 Å². The van der Waals surface area contributed by atoms with Crippen LogP contribution >= 0.6 is 11.6 Å². The molecule has 0 aliphatic carbocycles. The summed E-state index contributed by atoms with van der Waals surface area (Å²) in [4.78, 5) is 21.0. The molecule has 0 saturated heterocycles. The molecule has 0 saturated carbocycles. The molecule has 2 rings (SSSR count). The van der Waals surface area contributed by atoms with E-state index in [1.807, 2.05) is 32.0 Å². The maximum Gasteiger partial charge on any atom is 0.321 e. The number of carboxylic acid groups (broad SMARTS) is 1. The second-order valence-corrected chi connectivity index (χ2v) is 5.69. The van der Waals surface area contributed by atoms with Crippen LogP contribution in [0.4, 0.5) is 0 Å². The maximum atomic E-state index is 10.6. The molecular weight excluding hydrogens is 334 g/mol. The summed E-state index contributed by atoms with van der Waals surface area (Å²) in [7, 11) is 1.62. The number of aliphatic carboxylic acids is 1. The van der Waals surface area contributed by atoms with Gasteiger partial charge in [-0.1, -0.05) is 0 Å². The van der Waals surface area contributed by atoms with E-state index in [1.54, 1.807) is 13.1 Å². The molecule has 0 bridgehead atoms. The number of likely N-dealkylation sites (N-methyl/N-ethyl adjacent to an activating group) is 1. The fraction of sp³-hybridized carbons (Fsp3) is 0.412. The molecule has 132 valence electrons. The van der Waals surface area contributed by atoms with E-state index in [4.69, 9.17) is 25.5 Å². The van der Waals surface area contributed by atoms with Gasteiger partial charge in [0.1, 0.15) is 29.1 Å². The lowest BCUT2D eigenvalue weighted by Crippen LogP contribution is -2.35. The summed E-state index contributed by atoms with van der Waals surface area (Å²) in [6.07, 6.45) is 1.31. The molecule has 0 spiro atoms. The van der Waals surface area contributed by atoms with E-state index in [9.17, 15) is 9.59 Å². The van der Waals surface area contributed by atoms with E-state index >= 15 is 0 Å². The van der Waals surface area contributed by atoms with Gasteiger partial charge in [-0.15, -0.1) is 0 Å². The third-order valence-corrected chi connectivity index (χ3v) is 3.40. The predicted molar refractivity (Wildman–Crippen MR) is 90.3 cm³/mol. The van der Waals surface area contributed by atoms with Crippen molar-refractivity contribution >= 4 is 22.8 Å². The SMILES string of the molecule is CN[C@@H](Cc1ccc(C)o1)C(=O)O.Cc1ccc(CCC(=O)Cl)o1. The van der Waals surface area contributed by atoms with Crippen LogP contribution in [0.25, 0.3) is 0 Å². The van der Waals surface area contributed by atoms with Crippen molar-refractivity contribution < 1.29 is 23.5 Å². The third kappa shape index (κ3) is 7.48. The Hall–Kier alpha value is -2.05. The summed E-state index contributed by atoms with van der Waals surface area (Å²) in [5.41, 5.74) is 0. The van der Waals surface area contributed by atoms with Crippen molar-refractivity contribution in [2.45, 2.75) is 39.2 Å². The number of carbonyl (C=O) groups excluding carboxylic acids is 1. The number of furan rings is 2. The summed E-state index contributed by atoms with van der Waals surface area (Å²) < 4.78 is 10.5. The zero-order valence-corrected chi connectivity index (χ0v) is 14.7. The summed E-state index contributed by atoms with van der Waals surface area (Å²) in [6.45, 7) is 3.70. The van der Waals surface area contributed by atoms with Gasteiger partial charge < -0.3 is 19.3 Å². The standard InChI is InChI=1S/C9H13NO3.C8H9ClO2/c1-6-3-4-7(13-6)5-8(10-2)9(11)12;1-6-2-3-7(11-6)4-5-8(9)10/h3-4,8,10H,5H2,1-2H3,(H,11,12);2-3H,4-5H2,1H3/t8-;/m0./s1. The van der Waals surface area contributed by atoms with Crippen LogP contribution < -0.4 is 5.32 Å². The van der Waals surface area contributed by atoms with E-state index in [1.165, 1.54) is 0 Å². The number of hydrogen-bond acceptors (Lipinski definition) is 5. The molecule has 2 aromatic rings. The van der Waals surface area contributed by atoms with Crippen molar-refractivity contribution in [2.24, 2.45) is 0 Å². The molecule has 2 N–H and O–H groups in total. The Morgan fingerprint density at radius 2 is 1.67 bits per heavy atom. The number of halogens is 1. The average molecular weight is 356 g/mol. The van der Waals surface area contributed by atoms with Gasteiger partial charge >= 0.3 is 5.97 Å². The zero-order chi connectivity index (χ0) is 18.1. The largest absolute Gasteiger partial charge is 0.480 e. The molecule has 0 fully saturated rings. The summed E-state index contributed by atoms with van der Waals surface area (Å²) in [5, 5.41) is 11.1. The van der Waals surface area contributed by atoms with Gasteiger partial charge in [0.2, 0.25) is 5.24 Å². The molecule has 2 aromatic heterocycles. The highest BCUT2D eigenvalue weighted by molar-refractivity contribution is 6.63. The molecule has 7 heteroatoms. The molecule has 24 heavy (non-hydrogen) atoms. The van der Waals surface area contributed by atoms with Gasteiger partial charge in [0.05, 0.1) is 0 Å². The van der Waals surface area contributed by atoms with E-state index in [0.717, 1.165) is 17.3 Å². The molecular formula is C17H22ClNO5.